The molecule has 1 rings (SSSR count). The molecule has 1 aromatic carbocycles. The Morgan fingerprint density at radius 2 is 1.95 bits per heavy atom. The van der Waals surface area contributed by atoms with Crippen LogP contribution >= 0.6 is 0 Å². The van der Waals surface area contributed by atoms with Crippen molar-refractivity contribution in [3.8, 4) is 0 Å². The Morgan fingerprint density at radius 3 is 2.40 bits per heavy atom. The van der Waals surface area contributed by atoms with Crippen molar-refractivity contribution in [1.82, 2.24) is 5.32 Å². The van der Waals surface area contributed by atoms with Crippen LogP contribution in [0.3, 0.4) is 0 Å². The number of benzene rings is 1. The number of nitrogens with one attached hydrogen (secondary N) is 1. The van der Waals surface area contributed by atoms with Crippen molar-refractivity contribution in [3.05, 3.63) is 23.8 Å². The van der Waals surface area contributed by atoms with Crippen molar-refractivity contribution in [3.63, 3.8) is 0 Å². The maximum Gasteiger partial charge on any atom is 0.251 e. The molecule has 4 N–H and O–H groups in total. The molecule has 0 aromatic heterocycles. The maximum atomic E-state index is 12.1. The highest BCUT2D eigenvalue weighted by Gasteiger charge is 2.18. The van der Waals surface area contributed by atoms with Crippen molar-refractivity contribution in [2.75, 3.05) is 18.6 Å². The normalized spacial score (nSPS) is 13.2. The fourth-order valence-electron chi connectivity index (χ4n) is 1.64. The van der Waals surface area contributed by atoms with E-state index in [1.54, 1.807) is 0 Å². The zero-order valence-corrected chi connectivity index (χ0v) is 12.6. The topological polar surface area (TPSA) is 109 Å². The summed E-state index contributed by atoms with van der Waals surface area (Å²) in [4.78, 5) is 12.1. The first-order valence-electron chi connectivity index (χ1n) is 6.17. The van der Waals surface area contributed by atoms with Crippen molar-refractivity contribution in [1.29, 1.82) is 0 Å². The highest BCUT2D eigenvalue weighted by molar-refractivity contribution is 7.90. The minimum absolute atomic E-state index is 0.00672. The number of anilines is 1. The molecule has 112 valence electrons. The second-order valence-electron chi connectivity index (χ2n) is 5.07. The molecule has 0 saturated heterocycles. The number of hydrogen-bond donors (Lipinski definition) is 3. The van der Waals surface area contributed by atoms with Gasteiger partial charge in [0.2, 0.25) is 0 Å². The van der Waals surface area contributed by atoms with Gasteiger partial charge in [0.1, 0.15) is 0 Å². The number of amides is 1. The number of hydrogen-bond acceptors (Lipinski definition) is 5. The highest BCUT2D eigenvalue weighted by atomic mass is 32.2. The summed E-state index contributed by atoms with van der Waals surface area (Å²) in [7, 11) is -3.44. The van der Waals surface area contributed by atoms with Crippen LogP contribution in [0.25, 0.3) is 0 Å². The van der Waals surface area contributed by atoms with Crippen LogP contribution < -0.4 is 11.1 Å². The number of sulfone groups is 1. The third-order valence-electron chi connectivity index (χ3n) is 2.94. The number of nitrogens with two attached hydrogens (primary N) is 1. The lowest BCUT2D eigenvalue weighted by Gasteiger charge is -2.20. The van der Waals surface area contributed by atoms with E-state index in [1.165, 1.54) is 18.2 Å². The van der Waals surface area contributed by atoms with Crippen LogP contribution in [0.1, 0.15) is 24.2 Å². The Hall–Kier alpha value is -1.60. The third-order valence-corrected chi connectivity index (χ3v) is 4.03. The first-order chi connectivity index (χ1) is 9.15. The van der Waals surface area contributed by atoms with E-state index in [9.17, 15) is 18.3 Å². The molecule has 0 spiro atoms. The molecule has 0 fully saturated rings. The number of aliphatic hydroxyl groups is 1. The Morgan fingerprint density at radius 1 is 1.35 bits per heavy atom. The van der Waals surface area contributed by atoms with Gasteiger partial charge in [-0.15, -0.1) is 0 Å². The zero-order valence-electron chi connectivity index (χ0n) is 11.8. The first kappa shape index (κ1) is 16.5. The molecule has 0 saturated carbocycles. The molecule has 1 atom stereocenters. The summed E-state index contributed by atoms with van der Waals surface area (Å²) in [5.41, 5.74) is 5.98. The molecular formula is C13H20N2O4S. The second kappa shape index (κ2) is 6.23. The summed E-state index contributed by atoms with van der Waals surface area (Å²) >= 11 is 0. The molecule has 0 aliphatic carbocycles. The van der Waals surface area contributed by atoms with E-state index in [-0.39, 0.29) is 28.7 Å². The van der Waals surface area contributed by atoms with Gasteiger partial charge in [-0.2, -0.15) is 0 Å². The molecular weight excluding hydrogens is 280 g/mol. The molecule has 20 heavy (non-hydrogen) atoms. The Labute approximate surface area is 118 Å². The molecule has 0 aliphatic heterocycles. The van der Waals surface area contributed by atoms with Gasteiger partial charge >= 0.3 is 0 Å². The average Bonchev–Trinajstić information content (AvgIpc) is 2.33. The maximum absolute atomic E-state index is 12.1. The lowest BCUT2D eigenvalue weighted by atomic mass is 10.0. The molecule has 1 unspecified atom stereocenters. The molecule has 0 heterocycles. The van der Waals surface area contributed by atoms with Gasteiger partial charge in [-0.3, -0.25) is 4.79 Å². The quantitative estimate of drug-likeness (QED) is 0.683. The third kappa shape index (κ3) is 4.21. The van der Waals surface area contributed by atoms with E-state index in [2.05, 4.69) is 5.32 Å². The summed E-state index contributed by atoms with van der Waals surface area (Å²) < 4.78 is 23.0. The van der Waals surface area contributed by atoms with Crippen LogP contribution in [0, 0.1) is 5.92 Å². The Kier molecular flexibility index (Phi) is 5.13. The van der Waals surface area contributed by atoms with Gasteiger partial charge < -0.3 is 16.2 Å². The molecule has 0 bridgehead atoms. The van der Waals surface area contributed by atoms with E-state index in [1.807, 2.05) is 13.8 Å². The van der Waals surface area contributed by atoms with E-state index >= 15 is 0 Å². The van der Waals surface area contributed by atoms with Gasteiger partial charge in [-0.05, 0) is 24.1 Å². The van der Waals surface area contributed by atoms with Gasteiger partial charge in [-0.1, -0.05) is 13.8 Å². The van der Waals surface area contributed by atoms with Gasteiger partial charge in [0, 0.05) is 17.5 Å². The highest BCUT2D eigenvalue weighted by Crippen LogP contribution is 2.17. The predicted octanol–water partition coefficient (Wildman–Crippen LogP) is 0.419. The predicted molar refractivity (Wildman–Crippen MR) is 77.1 cm³/mol. The number of carbonyl (C=O) groups excluding carboxylic acids is 1. The fourth-order valence-corrected chi connectivity index (χ4v) is 2.33. The number of carbonyl (C=O) groups is 1. The van der Waals surface area contributed by atoms with Crippen molar-refractivity contribution < 1.29 is 18.3 Å². The minimum Gasteiger partial charge on any atom is -0.399 e. The van der Waals surface area contributed by atoms with Crippen LogP contribution in [-0.2, 0) is 9.84 Å². The molecule has 7 heteroatoms. The lowest BCUT2D eigenvalue weighted by molar-refractivity contribution is 0.0896. The average molecular weight is 300 g/mol. The van der Waals surface area contributed by atoms with E-state index in [0.717, 1.165) is 6.26 Å². The summed E-state index contributed by atoms with van der Waals surface area (Å²) in [5, 5.41) is 11.8. The van der Waals surface area contributed by atoms with E-state index < -0.39 is 21.8 Å². The minimum atomic E-state index is -3.44. The summed E-state index contributed by atoms with van der Waals surface area (Å²) in [5.74, 6) is -0.408. The largest absolute Gasteiger partial charge is 0.399 e. The van der Waals surface area contributed by atoms with Crippen LogP contribution in [-0.4, -0.2) is 38.3 Å². The summed E-state index contributed by atoms with van der Waals surface area (Å²) in [6.07, 6.45) is 1.05. The van der Waals surface area contributed by atoms with Gasteiger partial charge in [0.05, 0.1) is 17.5 Å². The molecule has 0 radical (unpaired) electrons. The van der Waals surface area contributed by atoms with Crippen molar-refractivity contribution >= 4 is 21.4 Å². The molecule has 6 nitrogen and oxygen atoms in total. The van der Waals surface area contributed by atoms with E-state index in [4.69, 9.17) is 5.73 Å². The second-order valence-corrected chi connectivity index (χ2v) is 7.09. The lowest BCUT2D eigenvalue weighted by Crippen LogP contribution is -2.41. The van der Waals surface area contributed by atoms with Crippen molar-refractivity contribution in [2.24, 2.45) is 5.92 Å². The Balaban J connectivity index is 3.08. The van der Waals surface area contributed by atoms with Crippen LogP contribution in [0.15, 0.2) is 23.1 Å². The molecule has 0 aliphatic rings. The van der Waals surface area contributed by atoms with E-state index in [0.29, 0.717) is 0 Å². The van der Waals surface area contributed by atoms with Gasteiger partial charge in [0.25, 0.3) is 5.91 Å². The molecule has 1 aromatic rings. The first-order valence-corrected chi connectivity index (χ1v) is 8.06. The molecule has 1 amide bonds. The van der Waals surface area contributed by atoms with Crippen LogP contribution in [0.2, 0.25) is 0 Å². The van der Waals surface area contributed by atoms with Crippen molar-refractivity contribution in [2.45, 2.75) is 24.8 Å². The van der Waals surface area contributed by atoms with Gasteiger partial charge in [0.15, 0.2) is 9.84 Å². The SMILES string of the molecule is CC(C)C(CO)NC(=O)c1cc(N)cc(S(C)(=O)=O)c1. The smallest absolute Gasteiger partial charge is 0.251 e. The monoisotopic (exact) mass is 300 g/mol. The zero-order chi connectivity index (χ0) is 15.5. The Bertz CT molecular complexity index is 596. The van der Waals surface area contributed by atoms with Crippen LogP contribution in [0.5, 0.6) is 0 Å². The number of rotatable bonds is 5. The summed E-state index contributed by atoms with van der Waals surface area (Å²) in [6, 6.07) is 3.58. The number of aliphatic hydroxyl groups excluding tert-OH is 1. The summed E-state index contributed by atoms with van der Waals surface area (Å²) in [6.45, 7) is 3.54. The standard InChI is InChI=1S/C13H20N2O4S/c1-8(2)12(7-16)15-13(17)9-4-10(14)6-11(5-9)20(3,18)19/h4-6,8,12,16H,7,14H2,1-3H3,(H,15,17). The number of nitrogen functional groups attached to an aromatic ring is 1. The fraction of sp³-hybridized carbons (Fsp3) is 0.462. The van der Waals surface area contributed by atoms with Crippen LogP contribution in [0.4, 0.5) is 5.69 Å². The van der Waals surface area contributed by atoms with Gasteiger partial charge in [-0.25, -0.2) is 8.42 Å².